The van der Waals surface area contributed by atoms with E-state index in [0.717, 1.165) is 27.4 Å². The largest absolute Gasteiger partial charge is 0.489 e. The van der Waals surface area contributed by atoms with Gasteiger partial charge in [0.1, 0.15) is 23.1 Å². The molecular formula is C26H24N2O2S. The van der Waals surface area contributed by atoms with Crippen molar-refractivity contribution in [3.63, 3.8) is 0 Å². The Kier molecular flexibility index (Phi) is 6.43. The summed E-state index contributed by atoms with van der Waals surface area (Å²) < 4.78 is 5.89. The molecule has 0 aliphatic heterocycles. The van der Waals surface area contributed by atoms with Crippen LogP contribution in [0.25, 0.3) is 10.6 Å². The summed E-state index contributed by atoms with van der Waals surface area (Å²) in [5.74, 6) is 0.727. The Labute approximate surface area is 186 Å². The van der Waals surface area contributed by atoms with Crippen LogP contribution in [0.1, 0.15) is 27.2 Å². The molecule has 4 rings (SSSR count). The third-order valence-corrected chi connectivity index (χ3v) is 5.81. The van der Waals surface area contributed by atoms with E-state index in [4.69, 9.17) is 4.74 Å². The van der Waals surface area contributed by atoms with E-state index in [1.165, 1.54) is 16.9 Å². The highest BCUT2D eigenvalue weighted by molar-refractivity contribution is 7.13. The second kappa shape index (κ2) is 9.58. The molecule has 0 saturated carbocycles. The van der Waals surface area contributed by atoms with Gasteiger partial charge >= 0.3 is 0 Å². The summed E-state index contributed by atoms with van der Waals surface area (Å²) in [4.78, 5) is 19.0. The minimum atomic E-state index is -0.0792. The second-order valence-electron chi connectivity index (χ2n) is 7.49. The predicted octanol–water partition coefficient (Wildman–Crippen LogP) is 5.97. The Morgan fingerprint density at radius 2 is 1.71 bits per heavy atom. The molecule has 0 bridgehead atoms. The first-order chi connectivity index (χ1) is 15.1. The first kappa shape index (κ1) is 20.8. The van der Waals surface area contributed by atoms with Gasteiger partial charge in [-0.3, -0.25) is 4.79 Å². The van der Waals surface area contributed by atoms with Crippen molar-refractivity contribution in [1.29, 1.82) is 0 Å². The van der Waals surface area contributed by atoms with Crippen LogP contribution in [0.2, 0.25) is 0 Å². The highest BCUT2D eigenvalue weighted by Crippen LogP contribution is 2.26. The zero-order chi connectivity index (χ0) is 21.6. The van der Waals surface area contributed by atoms with Crippen molar-refractivity contribution in [2.24, 2.45) is 0 Å². The maximum Gasteiger partial charge on any atom is 0.273 e. The van der Waals surface area contributed by atoms with Crippen molar-refractivity contribution in [1.82, 2.24) is 9.88 Å². The summed E-state index contributed by atoms with van der Waals surface area (Å²) in [6, 6.07) is 26.1. The number of carbonyl (C=O) groups excluding carboxylic acids is 1. The van der Waals surface area contributed by atoms with Gasteiger partial charge in [0.05, 0.1) is 0 Å². The van der Waals surface area contributed by atoms with Crippen molar-refractivity contribution in [2.75, 3.05) is 7.05 Å². The Hall–Kier alpha value is -3.44. The SMILES string of the molecule is Cc1cccc(COc2ccc(-c3nc(C(=O)N(C)Cc4ccccc4)cs3)cc2)c1. The molecule has 0 N–H and O–H groups in total. The van der Waals surface area contributed by atoms with Gasteiger partial charge in [-0.1, -0.05) is 60.2 Å². The van der Waals surface area contributed by atoms with Crippen LogP contribution in [0.5, 0.6) is 5.75 Å². The lowest BCUT2D eigenvalue weighted by Crippen LogP contribution is -2.26. The van der Waals surface area contributed by atoms with Crippen molar-refractivity contribution in [3.8, 4) is 16.3 Å². The van der Waals surface area contributed by atoms with Gasteiger partial charge in [0.15, 0.2) is 0 Å². The molecule has 3 aromatic carbocycles. The summed E-state index contributed by atoms with van der Waals surface area (Å²) in [5.41, 5.74) is 4.90. The van der Waals surface area contributed by atoms with Crippen LogP contribution in [0.4, 0.5) is 0 Å². The number of ether oxygens (including phenoxy) is 1. The van der Waals surface area contributed by atoms with Crippen molar-refractivity contribution < 1.29 is 9.53 Å². The van der Waals surface area contributed by atoms with E-state index in [2.05, 4.69) is 30.1 Å². The van der Waals surface area contributed by atoms with E-state index < -0.39 is 0 Å². The van der Waals surface area contributed by atoms with Crippen molar-refractivity contribution in [3.05, 3.63) is 107 Å². The Morgan fingerprint density at radius 1 is 0.968 bits per heavy atom. The number of rotatable bonds is 7. The molecule has 0 fully saturated rings. The molecule has 156 valence electrons. The van der Waals surface area contributed by atoms with E-state index in [9.17, 15) is 4.79 Å². The molecule has 1 amide bonds. The first-order valence-corrected chi connectivity index (χ1v) is 11.0. The number of benzene rings is 3. The zero-order valence-corrected chi connectivity index (χ0v) is 18.4. The van der Waals surface area contributed by atoms with Crippen molar-refractivity contribution >= 4 is 17.2 Å². The number of thiazole rings is 1. The maximum atomic E-state index is 12.7. The fourth-order valence-electron chi connectivity index (χ4n) is 3.29. The molecule has 4 aromatic rings. The topological polar surface area (TPSA) is 42.4 Å². The van der Waals surface area contributed by atoms with E-state index in [-0.39, 0.29) is 5.91 Å². The van der Waals surface area contributed by atoms with Crippen LogP contribution in [0.15, 0.2) is 84.2 Å². The molecule has 0 saturated heterocycles. The van der Waals surface area contributed by atoms with Gasteiger partial charge in [0, 0.05) is 24.5 Å². The Morgan fingerprint density at radius 3 is 2.45 bits per heavy atom. The number of hydrogen-bond acceptors (Lipinski definition) is 4. The smallest absolute Gasteiger partial charge is 0.273 e. The van der Waals surface area contributed by atoms with Gasteiger partial charge in [0.25, 0.3) is 5.91 Å². The predicted molar refractivity (Wildman–Crippen MR) is 125 cm³/mol. The van der Waals surface area contributed by atoms with Crippen LogP contribution in [0, 0.1) is 6.92 Å². The molecule has 5 heteroatoms. The summed E-state index contributed by atoms with van der Waals surface area (Å²) >= 11 is 1.47. The molecule has 0 atom stereocenters. The average molecular weight is 429 g/mol. The van der Waals surface area contributed by atoms with Gasteiger partial charge in [-0.05, 0) is 42.3 Å². The van der Waals surface area contributed by atoms with Gasteiger partial charge in [-0.15, -0.1) is 11.3 Å². The average Bonchev–Trinajstić information content (AvgIpc) is 3.28. The van der Waals surface area contributed by atoms with Crippen molar-refractivity contribution in [2.45, 2.75) is 20.1 Å². The molecule has 31 heavy (non-hydrogen) atoms. The highest BCUT2D eigenvalue weighted by atomic mass is 32.1. The molecule has 4 nitrogen and oxygen atoms in total. The second-order valence-corrected chi connectivity index (χ2v) is 8.34. The zero-order valence-electron chi connectivity index (χ0n) is 17.6. The van der Waals surface area contributed by atoms with Crippen LogP contribution in [-0.2, 0) is 13.2 Å². The molecule has 1 aromatic heterocycles. The summed E-state index contributed by atoms with van der Waals surface area (Å²) in [6.07, 6.45) is 0. The molecule has 0 unspecified atom stereocenters. The molecule has 0 aliphatic carbocycles. The Bertz CT molecular complexity index is 1150. The molecule has 1 heterocycles. The van der Waals surface area contributed by atoms with Crippen LogP contribution < -0.4 is 4.74 Å². The Balaban J connectivity index is 1.38. The number of nitrogens with zero attached hydrogens (tertiary/aromatic N) is 2. The number of amides is 1. The van der Waals surface area contributed by atoms with Crippen LogP contribution in [-0.4, -0.2) is 22.8 Å². The fourth-order valence-corrected chi connectivity index (χ4v) is 4.09. The van der Waals surface area contributed by atoms with Gasteiger partial charge in [-0.25, -0.2) is 4.98 Å². The number of carbonyl (C=O) groups is 1. The lowest BCUT2D eigenvalue weighted by Gasteiger charge is -2.15. The molecule has 0 spiro atoms. The van der Waals surface area contributed by atoms with Gasteiger partial charge in [-0.2, -0.15) is 0 Å². The number of aryl methyl sites for hydroxylation is 1. The fraction of sp³-hybridized carbons (Fsp3) is 0.154. The van der Waals surface area contributed by atoms with Gasteiger partial charge < -0.3 is 9.64 Å². The number of hydrogen-bond donors (Lipinski definition) is 0. The van der Waals surface area contributed by atoms with Crippen LogP contribution in [0.3, 0.4) is 0 Å². The molecular weight excluding hydrogens is 404 g/mol. The van der Waals surface area contributed by atoms with Gasteiger partial charge in [0.2, 0.25) is 0 Å². The first-order valence-electron chi connectivity index (χ1n) is 10.1. The van der Waals surface area contributed by atoms with E-state index in [1.807, 2.05) is 66.0 Å². The highest BCUT2D eigenvalue weighted by Gasteiger charge is 2.16. The third-order valence-electron chi connectivity index (χ3n) is 4.92. The van der Waals surface area contributed by atoms with E-state index >= 15 is 0 Å². The lowest BCUT2D eigenvalue weighted by molar-refractivity contribution is 0.0780. The van der Waals surface area contributed by atoms with Crippen LogP contribution >= 0.6 is 11.3 Å². The molecule has 0 radical (unpaired) electrons. The minimum Gasteiger partial charge on any atom is -0.489 e. The summed E-state index contributed by atoms with van der Waals surface area (Å²) in [6.45, 7) is 3.16. The minimum absolute atomic E-state index is 0.0792. The summed E-state index contributed by atoms with van der Waals surface area (Å²) in [7, 11) is 1.80. The van der Waals surface area contributed by atoms with E-state index in [1.54, 1.807) is 11.9 Å². The normalized spacial score (nSPS) is 10.6. The number of aromatic nitrogens is 1. The maximum absolute atomic E-state index is 12.7. The summed E-state index contributed by atoms with van der Waals surface area (Å²) in [5, 5.41) is 2.64. The molecule has 0 aliphatic rings. The monoisotopic (exact) mass is 428 g/mol. The third kappa shape index (κ3) is 5.38. The lowest BCUT2D eigenvalue weighted by atomic mass is 10.1. The van der Waals surface area contributed by atoms with E-state index in [0.29, 0.717) is 18.8 Å². The quantitative estimate of drug-likeness (QED) is 0.364. The standard InChI is InChI=1S/C26H24N2O2S/c1-19-7-6-10-21(15-19)17-30-23-13-11-22(12-14-23)25-27-24(18-31-25)26(29)28(2)16-20-8-4-3-5-9-20/h3-15,18H,16-17H2,1-2H3.